The van der Waals surface area contributed by atoms with E-state index in [1.165, 1.54) is 10.9 Å². The number of fused-ring (bicyclic) bond motifs is 1. The zero-order valence-electron chi connectivity index (χ0n) is 27.5. The molecule has 0 radical (unpaired) electrons. The quantitative estimate of drug-likeness (QED) is 0.139. The predicted octanol–water partition coefficient (Wildman–Crippen LogP) is 3.77. The summed E-state index contributed by atoms with van der Waals surface area (Å²) in [7, 11) is 1.60. The summed E-state index contributed by atoms with van der Waals surface area (Å²) in [6.45, 7) is -0.471. The molecule has 1 aliphatic rings. The third-order valence-corrected chi connectivity index (χ3v) is 8.74. The number of hydrogen-bond donors (Lipinski definition) is 4. The van der Waals surface area contributed by atoms with Crippen LogP contribution in [-0.4, -0.2) is 74.3 Å². The largest absolute Gasteiger partial charge is 0.497 e. The van der Waals surface area contributed by atoms with Crippen molar-refractivity contribution in [1.29, 1.82) is 0 Å². The van der Waals surface area contributed by atoms with Crippen molar-refractivity contribution < 1.29 is 34.0 Å². The van der Waals surface area contributed by atoms with E-state index in [0.29, 0.717) is 11.5 Å². The molecule has 3 heterocycles. The van der Waals surface area contributed by atoms with Gasteiger partial charge in [0.05, 0.1) is 20.0 Å². The van der Waals surface area contributed by atoms with Crippen LogP contribution >= 0.6 is 0 Å². The number of methoxy groups -OCH3 is 1. The summed E-state index contributed by atoms with van der Waals surface area (Å²) in [5.41, 5.74) is 0.674. The lowest BCUT2D eigenvalue weighted by molar-refractivity contribution is -0.118. The Morgan fingerprint density at radius 1 is 0.863 bits per heavy atom. The predicted molar refractivity (Wildman–Crippen MR) is 186 cm³/mol. The highest BCUT2D eigenvalue weighted by Gasteiger charge is 2.47. The van der Waals surface area contributed by atoms with E-state index in [1.54, 1.807) is 31.4 Å². The molecule has 0 spiro atoms. The molecule has 0 bridgehead atoms. The van der Waals surface area contributed by atoms with Crippen molar-refractivity contribution in [3.05, 3.63) is 149 Å². The number of aromatic nitrogens is 4. The molecule has 0 aliphatic carbocycles. The van der Waals surface area contributed by atoms with Crippen molar-refractivity contribution in [3.8, 4) is 11.5 Å². The molecule has 0 saturated carbocycles. The number of ether oxygens (including phenoxy) is 4. The first-order chi connectivity index (χ1) is 24.9. The number of aliphatic hydroxyl groups is 2. The summed E-state index contributed by atoms with van der Waals surface area (Å²) in [4.78, 5) is 36.6. The van der Waals surface area contributed by atoms with Crippen LogP contribution in [0, 0.1) is 0 Å². The molecule has 1 fully saturated rings. The van der Waals surface area contributed by atoms with Gasteiger partial charge in [0.1, 0.15) is 35.4 Å². The summed E-state index contributed by atoms with van der Waals surface area (Å²) in [6, 6.07) is 35.7. The van der Waals surface area contributed by atoms with Crippen LogP contribution in [0.4, 0.5) is 5.95 Å². The highest BCUT2D eigenvalue weighted by molar-refractivity contribution is 5.90. The fourth-order valence-electron chi connectivity index (χ4n) is 6.23. The van der Waals surface area contributed by atoms with Gasteiger partial charge in [-0.3, -0.25) is 24.5 Å². The fraction of sp³-hybridized carbons (Fsp3) is 0.211. The number of nitrogens with one attached hydrogen (secondary N) is 2. The molecule has 13 heteroatoms. The number of imidazole rings is 1. The Labute approximate surface area is 292 Å². The molecule has 4 unspecified atom stereocenters. The number of amides is 1. The van der Waals surface area contributed by atoms with Gasteiger partial charge in [0.25, 0.3) is 11.5 Å². The van der Waals surface area contributed by atoms with Crippen LogP contribution in [-0.2, 0) is 19.9 Å². The molecule has 2 aromatic heterocycles. The maximum Gasteiger partial charge on any atom is 0.280 e. The highest BCUT2D eigenvalue weighted by atomic mass is 16.6. The van der Waals surface area contributed by atoms with Gasteiger partial charge in [-0.25, -0.2) is 4.98 Å². The van der Waals surface area contributed by atoms with Gasteiger partial charge in [-0.15, -0.1) is 0 Å². The first kappa shape index (κ1) is 33.6. The van der Waals surface area contributed by atoms with Gasteiger partial charge in [0.2, 0.25) is 5.95 Å². The van der Waals surface area contributed by atoms with E-state index < -0.39 is 41.6 Å². The van der Waals surface area contributed by atoms with Crippen LogP contribution in [0.3, 0.4) is 0 Å². The summed E-state index contributed by atoms with van der Waals surface area (Å²) in [5.74, 6) is 0.464. The standard InChI is InChI=1S/C38H35N5O8/c1-48-27-19-17-26(18-20-27)38(24-11-5-2-6-12-24,25-13-7-3-8-14-25)50-21-29-32(45)33(46)36(51-29)43-23-39-31-34(43)41-37(42-35(31)47)40-30(44)22-49-28-15-9-4-10-16-28/h2-20,23,29,32-33,36,45-46H,21-22H2,1H3,(H2,40,41,42,44,47). The number of aromatic amines is 1. The van der Waals surface area contributed by atoms with E-state index >= 15 is 0 Å². The number of anilines is 1. The minimum absolute atomic E-state index is 0.0250. The first-order valence-corrected chi connectivity index (χ1v) is 16.2. The molecule has 13 nitrogen and oxygen atoms in total. The molecule has 1 aliphatic heterocycles. The van der Waals surface area contributed by atoms with E-state index in [-0.39, 0.29) is 30.3 Å². The minimum Gasteiger partial charge on any atom is -0.497 e. The van der Waals surface area contributed by atoms with Gasteiger partial charge in [0.15, 0.2) is 24.0 Å². The summed E-state index contributed by atoms with van der Waals surface area (Å²) in [5, 5.41) is 25.1. The number of nitrogens with zero attached hydrogens (tertiary/aromatic N) is 3. The SMILES string of the molecule is COc1ccc(C(OCC2OC(n3cnc4c(=O)[nH]c(NC(=O)COc5ccccc5)nc43)C(O)C2O)(c2ccccc2)c2ccccc2)cc1. The fourth-order valence-corrected chi connectivity index (χ4v) is 6.23. The summed E-state index contributed by atoms with van der Waals surface area (Å²) in [6.07, 6.45) is -3.75. The van der Waals surface area contributed by atoms with E-state index in [1.807, 2.05) is 91.0 Å². The average Bonchev–Trinajstić information content (AvgIpc) is 3.72. The Kier molecular flexibility index (Phi) is 9.59. The lowest BCUT2D eigenvalue weighted by Gasteiger charge is -2.37. The molecular weight excluding hydrogens is 654 g/mol. The van der Waals surface area contributed by atoms with E-state index in [0.717, 1.165) is 16.7 Å². The molecule has 4 aromatic carbocycles. The highest BCUT2D eigenvalue weighted by Crippen LogP contribution is 2.42. The molecule has 6 aromatic rings. The van der Waals surface area contributed by atoms with Crippen LogP contribution in [0.2, 0.25) is 0 Å². The Hall–Kier alpha value is -5.86. The second-order valence-electron chi connectivity index (χ2n) is 11.9. The normalized spacial score (nSPS) is 18.8. The zero-order valence-corrected chi connectivity index (χ0v) is 27.5. The van der Waals surface area contributed by atoms with Crippen LogP contribution in [0.15, 0.2) is 126 Å². The number of H-pyrrole nitrogens is 1. The lowest BCUT2D eigenvalue weighted by atomic mass is 9.80. The number of hydrogen-bond acceptors (Lipinski definition) is 10. The number of benzene rings is 4. The molecule has 7 rings (SSSR count). The van der Waals surface area contributed by atoms with Gasteiger partial charge >= 0.3 is 0 Å². The average molecular weight is 690 g/mol. The minimum atomic E-state index is -1.45. The summed E-state index contributed by atoms with van der Waals surface area (Å²) >= 11 is 0. The first-order valence-electron chi connectivity index (χ1n) is 16.2. The second-order valence-corrected chi connectivity index (χ2v) is 11.9. The van der Waals surface area contributed by atoms with Crippen LogP contribution in [0.5, 0.6) is 11.5 Å². The van der Waals surface area contributed by atoms with Crippen molar-refractivity contribution in [2.45, 2.75) is 30.1 Å². The van der Waals surface area contributed by atoms with E-state index in [9.17, 15) is 19.8 Å². The molecule has 4 N–H and O–H groups in total. The Morgan fingerprint density at radius 3 is 2.10 bits per heavy atom. The van der Waals surface area contributed by atoms with E-state index in [4.69, 9.17) is 18.9 Å². The molecule has 4 atom stereocenters. The van der Waals surface area contributed by atoms with Gasteiger partial charge in [-0.2, -0.15) is 4.98 Å². The number of carbonyl (C=O) groups excluding carboxylic acids is 1. The molecular formula is C38H35N5O8. The van der Waals surface area contributed by atoms with Crippen molar-refractivity contribution >= 4 is 23.0 Å². The maximum absolute atomic E-state index is 12.9. The third kappa shape index (κ3) is 6.70. The monoisotopic (exact) mass is 689 g/mol. The van der Waals surface area contributed by atoms with Gasteiger partial charge in [-0.05, 0) is 41.0 Å². The van der Waals surface area contributed by atoms with Crippen molar-refractivity contribution in [3.63, 3.8) is 0 Å². The van der Waals surface area contributed by atoms with Gasteiger partial charge in [0, 0.05) is 0 Å². The van der Waals surface area contributed by atoms with Crippen molar-refractivity contribution in [2.75, 3.05) is 25.6 Å². The lowest BCUT2D eigenvalue weighted by Crippen LogP contribution is -2.39. The maximum atomic E-state index is 12.9. The second kappa shape index (κ2) is 14.5. The van der Waals surface area contributed by atoms with Gasteiger partial charge in [-0.1, -0.05) is 91.0 Å². The Bertz CT molecular complexity index is 2100. The molecule has 260 valence electrons. The van der Waals surface area contributed by atoms with E-state index in [2.05, 4.69) is 20.3 Å². The molecule has 51 heavy (non-hydrogen) atoms. The number of para-hydroxylation sites is 1. The van der Waals surface area contributed by atoms with Crippen molar-refractivity contribution in [1.82, 2.24) is 19.5 Å². The number of carbonyl (C=O) groups is 1. The topological polar surface area (TPSA) is 170 Å². The Balaban J connectivity index is 1.16. The molecule has 1 saturated heterocycles. The van der Waals surface area contributed by atoms with Crippen LogP contribution < -0.4 is 20.3 Å². The van der Waals surface area contributed by atoms with Crippen molar-refractivity contribution in [2.24, 2.45) is 0 Å². The molecule has 1 amide bonds. The van der Waals surface area contributed by atoms with Gasteiger partial charge < -0.3 is 29.2 Å². The smallest absolute Gasteiger partial charge is 0.280 e. The number of rotatable bonds is 12. The third-order valence-electron chi connectivity index (χ3n) is 8.74. The van der Waals surface area contributed by atoms with Crippen LogP contribution in [0.1, 0.15) is 22.9 Å². The zero-order chi connectivity index (χ0) is 35.4. The Morgan fingerprint density at radius 2 is 1.47 bits per heavy atom. The number of aliphatic hydroxyl groups excluding tert-OH is 2. The summed E-state index contributed by atoms with van der Waals surface area (Å²) < 4.78 is 25.4. The van der Waals surface area contributed by atoms with Crippen LogP contribution in [0.25, 0.3) is 11.2 Å².